The van der Waals surface area contributed by atoms with Crippen LogP contribution in [0.3, 0.4) is 0 Å². The first-order valence-corrected chi connectivity index (χ1v) is 6.67. The van der Waals surface area contributed by atoms with Crippen molar-refractivity contribution in [2.24, 2.45) is 0 Å². The van der Waals surface area contributed by atoms with Crippen molar-refractivity contribution in [2.45, 2.75) is 25.3 Å². The summed E-state index contributed by atoms with van der Waals surface area (Å²) >= 11 is 0. The molecule has 0 saturated carbocycles. The number of nitrogens with one attached hydrogen (secondary N) is 2. The van der Waals surface area contributed by atoms with E-state index in [1.807, 2.05) is 0 Å². The molecule has 0 aromatic carbocycles. The molecule has 2 fully saturated rings. The molecule has 98 valence electrons. The largest absolute Gasteiger partial charge is 0.379 e. The van der Waals surface area contributed by atoms with Crippen LogP contribution < -0.4 is 10.6 Å². The van der Waals surface area contributed by atoms with E-state index >= 15 is 0 Å². The summed E-state index contributed by atoms with van der Waals surface area (Å²) in [6.45, 7) is 6.56. The van der Waals surface area contributed by atoms with Crippen LogP contribution >= 0.6 is 0 Å². The maximum atomic E-state index is 11.7. The second kappa shape index (κ2) is 6.93. The van der Waals surface area contributed by atoms with Gasteiger partial charge in [-0.25, -0.2) is 0 Å². The number of rotatable bonds is 5. The topological polar surface area (TPSA) is 53.6 Å². The second-order valence-corrected chi connectivity index (χ2v) is 4.75. The zero-order valence-electron chi connectivity index (χ0n) is 10.4. The molecule has 5 nitrogen and oxygen atoms in total. The van der Waals surface area contributed by atoms with Crippen LogP contribution in [0, 0.1) is 0 Å². The predicted molar refractivity (Wildman–Crippen MR) is 65.9 cm³/mol. The molecule has 0 aromatic heterocycles. The Morgan fingerprint density at radius 1 is 1.41 bits per heavy atom. The van der Waals surface area contributed by atoms with Crippen molar-refractivity contribution in [1.82, 2.24) is 15.5 Å². The van der Waals surface area contributed by atoms with Gasteiger partial charge in [-0.15, -0.1) is 0 Å². The Kier molecular flexibility index (Phi) is 5.22. The molecule has 0 aromatic rings. The van der Waals surface area contributed by atoms with E-state index < -0.39 is 0 Å². The first kappa shape index (κ1) is 12.8. The lowest BCUT2D eigenvalue weighted by Gasteiger charge is -2.26. The molecule has 0 radical (unpaired) electrons. The molecule has 1 atom stereocenters. The van der Waals surface area contributed by atoms with E-state index in [4.69, 9.17) is 4.74 Å². The van der Waals surface area contributed by atoms with E-state index in [0.29, 0.717) is 0 Å². The van der Waals surface area contributed by atoms with Crippen LogP contribution in [0.5, 0.6) is 0 Å². The minimum absolute atomic E-state index is 0.0541. The summed E-state index contributed by atoms with van der Waals surface area (Å²) in [5.74, 6) is 0.171. The molecule has 0 bridgehead atoms. The second-order valence-electron chi connectivity index (χ2n) is 4.75. The number of hydrogen-bond acceptors (Lipinski definition) is 4. The van der Waals surface area contributed by atoms with E-state index in [-0.39, 0.29) is 11.9 Å². The average molecular weight is 241 g/mol. The van der Waals surface area contributed by atoms with Crippen molar-refractivity contribution in [1.29, 1.82) is 0 Å². The highest BCUT2D eigenvalue weighted by molar-refractivity contribution is 5.81. The molecule has 2 aliphatic rings. The Hall–Kier alpha value is -0.650. The number of hydrogen-bond donors (Lipinski definition) is 2. The molecule has 17 heavy (non-hydrogen) atoms. The number of nitrogens with zero attached hydrogens (tertiary/aromatic N) is 1. The van der Waals surface area contributed by atoms with Gasteiger partial charge in [0.1, 0.15) is 0 Å². The van der Waals surface area contributed by atoms with Crippen LogP contribution in [0.1, 0.15) is 19.3 Å². The van der Waals surface area contributed by atoms with Crippen LogP contribution in [-0.2, 0) is 9.53 Å². The van der Waals surface area contributed by atoms with Crippen molar-refractivity contribution in [2.75, 3.05) is 45.9 Å². The van der Waals surface area contributed by atoms with Gasteiger partial charge in [-0.3, -0.25) is 9.69 Å². The number of morpholine rings is 1. The molecule has 2 heterocycles. The SMILES string of the molecule is O=C(NCCCN1CCOCC1)C1CCCN1. The highest BCUT2D eigenvalue weighted by Crippen LogP contribution is 2.04. The van der Waals surface area contributed by atoms with Gasteiger partial charge in [-0.05, 0) is 32.4 Å². The molecule has 2 aliphatic heterocycles. The summed E-state index contributed by atoms with van der Waals surface area (Å²) < 4.78 is 5.29. The molecule has 1 amide bonds. The van der Waals surface area contributed by atoms with Crippen LogP contribution in [0.2, 0.25) is 0 Å². The van der Waals surface area contributed by atoms with Gasteiger partial charge in [0.15, 0.2) is 0 Å². The summed E-state index contributed by atoms with van der Waals surface area (Å²) in [6.07, 6.45) is 3.12. The predicted octanol–water partition coefficient (Wildman–Crippen LogP) is -0.423. The van der Waals surface area contributed by atoms with Crippen LogP contribution in [0.15, 0.2) is 0 Å². The monoisotopic (exact) mass is 241 g/mol. The van der Waals surface area contributed by atoms with Gasteiger partial charge in [-0.2, -0.15) is 0 Å². The van der Waals surface area contributed by atoms with E-state index in [1.54, 1.807) is 0 Å². The fraction of sp³-hybridized carbons (Fsp3) is 0.917. The van der Waals surface area contributed by atoms with Gasteiger partial charge in [0, 0.05) is 19.6 Å². The number of carbonyl (C=O) groups excluding carboxylic acids is 1. The molecule has 1 unspecified atom stereocenters. The van der Waals surface area contributed by atoms with E-state index in [0.717, 1.165) is 65.2 Å². The molecule has 2 rings (SSSR count). The molecule has 2 N–H and O–H groups in total. The number of amides is 1. The fourth-order valence-corrected chi connectivity index (χ4v) is 2.37. The van der Waals surface area contributed by atoms with Crippen LogP contribution in [0.25, 0.3) is 0 Å². The van der Waals surface area contributed by atoms with Gasteiger partial charge in [0.05, 0.1) is 19.3 Å². The summed E-state index contributed by atoms with van der Waals surface area (Å²) in [5.41, 5.74) is 0. The third-order valence-electron chi connectivity index (χ3n) is 3.43. The molecule has 5 heteroatoms. The van der Waals surface area contributed by atoms with E-state index in [1.165, 1.54) is 0 Å². The minimum atomic E-state index is 0.0541. The van der Waals surface area contributed by atoms with E-state index in [2.05, 4.69) is 15.5 Å². The fourth-order valence-electron chi connectivity index (χ4n) is 2.37. The minimum Gasteiger partial charge on any atom is -0.379 e. The van der Waals surface area contributed by atoms with Crippen molar-refractivity contribution >= 4 is 5.91 Å². The Morgan fingerprint density at radius 2 is 2.24 bits per heavy atom. The van der Waals surface area contributed by atoms with Crippen molar-refractivity contribution < 1.29 is 9.53 Å². The van der Waals surface area contributed by atoms with Gasteiger partial charge >= 0.3 is 0 Å². The highest BCUT2D eigenvalue weighted by Gasteiger charge is 2.21. The maximum Gasteiger partial charge on any atom is 0.237 e. The number of ether oxygens (including phenoxy) is 1. The normalized spacial score (nSPS) is 26.0. The zero-order chi connectivity index (χ0) is 11.9. The smallest absolute Gasteiger partial charge is 0.237 e. The summed E-state index contributed by atoms with van der Waals surface area (Å²) in [4.78, 5) is 14.1. The standard InChI is InChI=1S/C12H23N3O2/c16-12(11-3-1-4-13-11)14-5-2-6-15-7-9-17-10-8-15/h11,13H,1-10H2,(H,14,16). The van der Waals surface area contributed by atoms with Crippen molar-refractivity contribution in [3.05, 3.63) is 0 Å². The lowest BCUT2D eigenvalue weighted by molar-refractivity contribution is -0.122. The first-order chi connectivity index (χ1) is 8.36. The van der Waals surface area contributed by atoms with E-state index in [9.17, 15) is 4.79 Å². The quantitative estimate of drug-likeness (QED) is 0.642. The third-order valence-corrected chi connectivity index (χ3v) is 3.43. The molecular formula is C12H23N3O2. The lowest BCUT2D eigenvalue weighted by atomic mass is 10.2. The average Bonchev–Trinajstić information content (AvgIpc) is 2.89. The summed E-state index contributed by atoms with van der Waals surface area (Å²) in [6, 6.07) is 0.0541. The van der Waals surface area contributed by atoms with Gasteiger partial charge < -0.3 is 15.4 Å². The highest BCUT2D eigenvalue weighted by atomic mass is 16.5. The van der Waals surface area contributed by atoms with Gasteiger partial charge in [0.2, 0.25) is 5.91 Å². The Labute approximate surface area is 103 Å². The molecule has 0 aliphatic carbocycles. The Bertz CT molecular complexity index is 236. The maximum absolute atomic E-state index is 11.7. The first-order valence-electron chi connectivity index (χ1n) is 6.67. The van der Waals surface area contributed by atoms with Crippen LogP contribution in [0.4, 0.5) is 0 Å². The van der Waals surface area contributed by atoms with Gasteiger partial charge in [-0.1, -0.05) is 0 Å². The molecule has 0 spiro atoms. The zero-order valence-corrected chi connectivity index (χ0v) is 10.4. The Morgan fingerprint density at radius 3 is 2.94 bits per heavy atom. The summed E-state index contributed by atoms with van der Waals surface area (Å²) in [7, 11) is 0. The van der Waals surface area contributed by atoms with Crippen LogP contribution in [-0.4, -0.2) is 62.8 Å². The third kappa shape index (κ3) is 4.26. The summed E-state index contributed by atoms with van der Waals surface area (Å²) in [5, 5.41) is 6.21. The molecular weight excluding hydrogens is 218 g/mol. The number of carbonyl (C=O) groups is 1. The van der Waals surface area contributed by atoms with Crippen molar-refractivity contribution in [3.63, 3.8) is 0 Å². The molecule has 2 saturated heterocycles. The van der Waals surface area contributed by atoms with Crippen molar-refractivity contribution in [3.8, 4) is 0 Å². The Balaban J connectivity index is 1.51. The van der Waals surface area contributed by atoms with Gasteiger partial charge in [0.25, 0.3) is 0 Å². The lowest BCUT2D eigenvalue weighted by Crippen LogP contribution is -2.42.